The van der Waals surface area contributed by atoms with Gasteiger partial charge in [-0.1, -0.05) is 58.4 Å². The Morgan fingerprint density at radius 1 is 0.952 bits per heavy atom. The van der Waals surface area contributed by atoms with Crippen molar-refractivity contribution in [3.8, 4) is 5.75 Å². The molecule has 0 aliphatic rings. The lowest BCUT2D eigenvalue weighted by Gasteiger charge is -2.16. The second-order valence-corrected chi connectivity index (χ2v) is 6.17. The fraction of sp³-hybridized carbons (Fsp3) is 0.111. The van der Waals surface area contributed by atoms with Crippen molar-refractivity contribution >= 4 is 38.3 Å². The van der Waals surface area contributed by atoms with Crippen molar-refractivity contribution < 1.29 is 4.74 Å². The van der Waals surface area contributed by atoms with E-state index in [1.54, 1.807) is 7.11 Å². The van der Waals surface area contributed by atoms with Crippen LogP contribution in [0.3, 0.4) is 0 Å². The largest absolute Gasteiger partial charge is 0.496 e. The van der Waals surface area contributed by atoms with Crippen molar-refractivity contribution in [1.29, 1.82) is 0 Å². The van der Waals surface area contributed by atoms with Gasteiger partial charge >= 0.3 is 0 Å². The highest BCUT2D eigenvalue weighted by Gasteiger charge is 2.18. The summed E-state index contributed by atoms with van der Waals surface area (Å²) in [5, 5.41) is 2.10. The van der Waals surface area contributed by atoms with Gasteiger partial charge in [-0.15, -0.1) is 11.6 Å². The number of hydrogen-bond acceptors (Lipinski definition) is 1. The molecule has 0 amide bonds. The summed E-state index contributed by atoms with van der Waals surface area (Å²) in [5.74, 6) is 0.797. The van der Waals surface area contributed by atoms with Gasteiger partial charge < -0.3 is 4.74 Å². The standard InChI is InChI=1S/C18H14BrClO/c1-21-17-10-9-13(19)11-16(17)18(20)15-8-4-6-12-5-2-3-7-14(12)15/h2-11,18H,1H3. The first-order valence-corrected chi connectivity index (χ1v) is 7.89. The zero-order chi connectivity index (χ0) is 14.8. The van der Waals surface area contributed by atoms with Crippen LogP contribution in [0.5, 0.6) is 5.75 Å². The van der Waals surface area contributed by atoms with Gasteiger partial charge in [0.15, 0.2) is 0 Å². The summed E-state index contributed by atoms with van der Waals surface area (Å²) in [6.07, 6.45) is 0. The maximum Gasteiger partial charge on any atom is 0.123 e. The van der Waals surface area contributed by atoms with Crippen LogP contribution in [0, 0.1) is 0 Å². The molecule has 0 aliphatic heterocycles. The van der Waals surface area contributed by atoms with E-state index in [1.165, 1.54) is 10.8 Å². The molecule has 0 spiro atoms. The second kappa shape index (κ2) is 6.08. The van der Waals surface area contributed by atoms with Crippen molar-refractivity contribution in [2.45, 2.75) is 5.38 Å². The molecule has 0 bridgehead atoms. The lowest BCUT2D eigenvalue weighted by Crippen LogP contribution is -1.98. The van der Waals surface area contributed by atoms with Gasteiger partial charge in [-0.05, 0) is 34.5 Å². The highest BCUT2D eigenvalue weighted by Crippen LogP contribution is 2.39. The summed E-state index contributed by atoms with van der Waals surface area (Å²) in [4.78, 5) is 0. The van der Waals surface area contributed by atoms with Crippen LogP contribution < -0.4 is 4.74 Å². The monoisotopic (exact) mass is 360 g/mol. The molecule has 21 heavy (non-hydrogen) atoms. The molecule has 0 aromatic heterocycles. The van der Waals surface area contributed by atoms with E-state index in [1.807, 2.05) is 36.4 Å². The molecule has 0 aliphatic carbocycles. The summed E-state index contributed by atoms with van der Waals surface area (Å²) >= 11 is 10.3. The van der Waals surface area contributed by atoms with Crippen LogP contribution in [0.4, 0.5) is 0 Å². The van der Waals surface area contributed by atoms with Crippen molar-refractivity contribution in [1.82, 2.24) is 0 Å². The van der Waals surface area contributed by atoms with Crippen molar-refractivity contribution in [2.24, 2.45) is 0 Å². The number of fused-ring (bicyclic) bond motifs is 1. The minimum absolute atomic E-state index is 0.261. The number of benzene rings is 3. The normalized spacial score (nSPS) is 12.3. The van der Waals surface area contributed by atoms with E-state index in [0.717, 1.165) is 21.3 Å². The van der Waals surface area contributed by atoms with Crippen LogP contribution in [0.2, 0.25) is 0 Å². The third-order valence-electron chi connectivity index (χ3n) is 3.56. The van der Waals surface area contributed by atoms with Crippen molar-refractivity contribution in [3.63, 3.8) is 0 Å². The van der Waals surface area contributed by atoms with Gasteiger partial charge in [0.25, 0.3) is 0 Å². The highest BCUT2D eigenvalue weighted by atomic mass is 79.9. The minimum Gasteiger partial charge on any atom is -0.496 e. The average Bonchev–Trinajstić information content (AvgIpc) is 2.53. The van der Waals surface area contributed by atoms with Crippen molar-refractivity contribution in [2.75, 3.05) is 7.11 Å². The van der Waals surface area contributed by atoms with Gasteiger partial charge in [0.05, 0.1) is 12.5 Å². The van der Waals surface area contributed by atoms with E-state index >= 15 is 0 Å². The van der Waals surface area contributed by atoms with Gasteiger partial charge in [0, 0.05) is 10.0 Å². The van der Waals surface area contributed by atoms with Gasteiger partial charge in [-0.25, -0.2) is 0 Å². The number of alkyl halides is 1. The van der Waals surface area contributed by atoms with E-state index in [2.05, 4.69) is 40.2 Å². The Balaban J connectivity index is 2.17. The molecule has 1 unspecified atom stereocenters. The molecule has 3 aromatic rings. The third-order valence-corrected chi connectivity index (χ3v) is 4.52. The molecule has 0 saturated heterocycles. The molecule has 106 valence electrons. The maximum atomic E-state index is 6.77. The summed E-state index contributed by atoms with van der Waals surface area (Å²) in [6, 6.07) is 20.4. The van der Waals surface area contributed by atoms with Gasteiger partial charge in [-0.2, -0.15) is 0 Å². The lowest BCUT2D eigenvalue weighted by atomic mass is 9.97. The van der Waals surface area contributed by atoms with Gasteiger partial charge in [-0.3, -0.25) is 0 Å². The molecule has 3 aromatic carbocycles. The Kier molecular flexibility index (Phi) is 4.18. The molecular weight excluding hydrogens is 348 g/mol. The average molecular weight is 362 g/mol. The maximum absolute atomic E-state index is 6.77. The molecular formula is C18H14BrClO. The molecule has 0 fully saturated rings. The number of halogens is 2. The first-order valence-electron chi connectivity index (χ1n) is 6.66. The first-order chi connectivity index (χ1) is 10.2. The predicted octanol–water partition coefficient (Wildman–Crippen LogP) is 5.94. The van der Waals surface area contributed by atoms with Crippen LogP contribution >= 0.6 is 27.5 Å². The Morgan fingerprint density at radius 2 is 1.71 bits per heavy atom. The summed E-state index contributed by atoms with van der Waals surface area (Å²) < 4.78 is 6.44. The predicted molar refractivity (Wildman–Crippen MR) is 92.3 cm³/mol. The van der Waals surface area contributed by atoms with Crippen LogP contribution in [0.25, 0.3) is 10.8 Å². The molecule has 0 N–H and O–H groups in total. The Hall–Kier alpha value is -1.51. The molecule has 1 nitrogen and oxygen atoms in total. The summed E-state index contributed by atoms with van der Waals surface area (Å²) in [6.45, 7) is 0. The van der Waals surface area contributed by atoms with E-state index in [-0.39, 0.29) is 5.38 Å². The lowest BCUT2D eigenvalue weighted by molar-refractivity contribution is 0.410. The third kappa shape index (κ3) is 2.78. The van der Waals surface area contributed by atoms with E-state index in [0.29, 0.717) is 0 Å². The fourth-order valence-corrected chi connectivity index (χ4v) is 3.28. The zero-order valence-corrected chi connectivity index (χ0v) is 13.9. The van der Waals surface area contributed by atoms with E-state index < -0.39 is 0 Å². The number of methoxy groups -OCH3 is 1. The number of hydrogen-bond donors (Lipinski definition) is 0. The van der Waals surface area contributed by atoms with Crippen LogP contribution in [-0.2, 0) is 0 Å². The molecule has 0 heterocycles. The minimum atomic E-state index is -0.261. The summed E-state index contributed by atoms with van der Waals surface area (Å²) in [7, 11) is 1.67. The van der Waals surface area contributed by atoms with Gasteiger partial charge in [0.2, 0.25) is 0 Å². The number of rotatable bonds is 3. The molecule has 1 atom stereocenters. The Bertz CT molecular complexity index is 780. The Labute approximate surface area is 137 Å². The van der Waals surface area contributed by atoms with Crippen LogP contribution in [0.1, 0.15) is 16.5 Å². The van der Waals surface area contributed by atoms with Gasteiger partial charge in [0.1, 0.15) is 5.75 Å². The molecule has 0 radical (unpaired) electrons. The second-order valence-electron chi connectivity index (χ2n) is 4.82. The smallest absolute Gasteiger partial charge is 0.123 e. The topological polar surface area (TPSA) is 9.23 Å². The van der Waals surface area contributed by atoms with E-state index in [9.17, 15) is 0 Å². The number of ether oxygens (including phenoxy) is 1. The molecule has 3 heteroatoms. The Morgan fingerprint density at radius 3 is 2.52 bits per heavy atom. The molecule has 0 saturated carbocycles. The van der Waals surface area contributed by atoms with Crippen LogP contribution in [-0.4, -0.2) is 7.11 Å². The first kappa shape index (κ1) is 14.4. The quantitative estimate of drug-likeness (QED) is 0.525. The SMILES string of the molecule is COc1ccc(Br)cc1C(Cl)c1cccc2ccccc12. The fourth-order valence-electron chi connectivity index (χ4n) is 2.54. The molecule has 3 rings (SSSR count). The van der Waals surface area contributed by atoms with E-state index in [4.69, 9.17) is 16.3 Å². The zero-order valence-electron chi connectivity index (χ0n) is 11.5. The highest BCUT2D eigenvalue weighted by molar-refractivity contribution is 9.10. The van der Waals surface area contributed by atoms with Crippen molar-refractivity contribution in [3.05, 3.63) is 76.3 Å². The summed E-state index contributed by atoms with van der Waals surface area (Å²) in [5.41, 5.74) is 2.05. The van der Waals surface area contributed by atoms with Crippen LogP contribution in [0.15, 0.2) is 65.1 Å².